The van der Waals surface area contributed by atoms with Crippen LogP contribution in [0.15, 0.2) is 24.3 Å². The largest absolute Gasteiger partial charge is 0.497 e. The first-order valence-corrected chi connectivity index (χ1v) is 9.38. The number of carbonyl (C=O) groups excluding carboxylic acids is 1. The molecule has 1 aliphatic heterocycles. The molecule has 0 aliphatic carbocycles. The van der Waals surface area contributed by atoms with Crippen molar-refractivity contribution in [2.24, 2.45) is 0 Å². The zero-order chi connectivity index (χ0) is 16.9. The van der Waals surface area contributed by atoms with Crippen LogP contribution in [0.1, 0.15) is 25.3 Å². The van der Waals surface area contributed by atoms with Crippen LogP contribution in [0.5, 0.6) is 5.75 Å². The molecule has 0 unspecified atom stereocenters. The van der Waals surface area contributed by atoms with Gasteiger partial charge in [-0.25, -0.2) is 8.42 Å². The maximum absolute atomic E-state index is 12.3. The van der Waals surface area contributed by atoms with Gasteiger partial charge in [-0.1, -0.05) is 12.1 Å². The summed E-state index contributed by atoms with van der Waals surface area (Å²) in [5.41, 5.74) is 0.849. The highest BCUT2D eigenvalue weighted by Crippen LogP contribution is 2.17. The molecular formula is C16H23NO5S. The minimum absolute atomic E-state index is 0.0965. The number of sulfone groups is 1. The lowest BCUT2D eigenvalue weighted by Gasteiger charge is -2.16. The van der Waals surface area contributed by atoms with E-state index in [1.165, 1.54) is 6.92 Å². The van der Waals surface area contributed by atoms with E-state index in [-0.39, 0.29) is 18.4 Å². The van der Waals surface area contributed by atoms with Crippen LogP contribution in [-0.4, -0.2) is 45.1 Å². The second kappa shape index (κ2) is 7.79. The van der Waals surface area contributed by atoms with E-state index in [0.717, 1.165) is 18.4 Å². The first kappa shape index (κ1) is 17.7. The predicted octanol–water partition coefficient (Wildman–Crippen LogP) is 1.29. The second-order valence-corrected chi connectivity index (χ2v) is 8.04. The van der Waals surface area contributed by atoms with Gasteiger partial charge in [0.05, 0.1) is 19.0 Å². The standard InChI is InChI=1S/C16H23NO5S/c1-12(23(19,20)11-15-7-4-8-22-15)16(18)17-10-13-5-3-6-14(9-13)21-2/h3,5-6,9,12,15H,4,7-8,10-11H2,1-2H3,(H,17,18)/t12-,15+/m0/s1. The Morgan fingerprint density at radius 2 is 2.26 bits per heavy atom. The molecule has 2 rings (SSSR count). The third-order valence-corrected chi connectivity index (χ3v) is 6.08. The Labute approximate surface area is 137 Å². The molecule has 1 fully saturated rings. The number of ether oxygens (including phenoxy) is 2. The van der Waals surface area contributed by atoms with E-state index in [0.29, 0.717) is 12.4 Å². The van der Waals surface area contributed by atoms with Crippen molar-refractivity contribution in [3.63, 3.8) is 0 Å². The molecule has 6 nitrogen and oxygen atoms in total. The van der Waals surface area contributed by atoms with Gasteiger partial charge in [-0.05, 0) is 37.5 Å². The summed E-state index contributed by atoms with van der Waals surface area (Å²) in [5, 5.41) is 1.58. The predicted molar refractivity (Wildman–Crippen MR) is 87.1 cm³/mol. The van der Waals surface area contributed by atoms with E-state index in [4.69, 9.17) is 9.47 Å². The molecule has 1 heterocycles. The summed E-state index contributed by atoms with van der Waals surface area (Å²) >= 11 is 0. The van der Waals surface area contributed by atoms with Crippen molar-refractivity contribution in [2.45, 2.75) is 37.7 Å². The Morgan fingerprint density at radius 1 is 1.48 bits per heavy atom. The smallest absolute Gasteiger partial charge is 0.238 e. The molecule has 1 aromatic rings. The highest BCUT2D eigenvalue weighted by molar-refractivity contribution is 7.92. The molecule has 1 N–H and O–H groups in total. The molecule has 1 aromatic carbocycles. The summed E-state index contributed by atoms with van der Waals surface area (Å²) in [4.78, 5) is 12.1. The van der Waals surface area contributed by atoms with Gasteiger partial charge in [0.2, 0.25) is 5.91 Å². The highest BCUT2D eigenvalue weighted by Gasteiger charge is 2.32. The molecule has 1 aliphatic rings. The van der Waals surface area contributed by atoms with Gasteiger partial charge in [0.1, 0.15) is 11.0 Å². The van der Waals surface area contributed by atoms with Gasteiger partial charge in [-0.3, -0.25) is 4.79 Å². The van der Waals surface area contributed by atoms with Crippen molar-refractivity contribution >= 4 is 15.7 Å². The first-order chi connectivity index (χ1) is 10.9. The molecule has 0 saturated carbocycles. The monoisotopic (exact) mass is 341 g/mol. The number of hydrogen-bond donors (Lipinski definition) is 1. The minimum Gasteiger partial charge on any atom is -0.497 e. The normalized spacial score (nSPS) is 19.3. The Hall–Kier alpha value is -1.60. The number of nitrogens with one attached hydrogen (secondary N) is 1. The molecule has 0 spiro atoms. The topological polar surface area (TPSA) is 81.7 Å². The lowest BCUT2D eigenvalue weighted by atomic mass is 10.2. The van der Waals surface area contributed by atoms with E-state index in [2.05, 4.69) is 5.32 Å². The van der Waals surface area contributed by atoms with Crippen molar-refractivity contribution in [1.82, 2.24) is 5.32 Å². The third kappa shape index (κ3) is 4.94. The van der Waals surface area contributed by atoms with Crippen molar-refractivity contribution in [1.29, 1.82) is 0 Å². The van der Waals surface area contributed by atoms with Gasteiger partial charge in [-0.2, -0.15) is 0 Å². The average Bonchev–Trinajstić information content (AvgIpc) is 3.04. The fraction of sp³-hybridized carbons (Fsp3) is 0.562. The van der Waals surface area contributed by atoms with Crippen molar-refractivity contribution in [2.75, 3.05) is 19.5 Å². The van der Waals surface area contributed by atoms with Crippen LogP contribution in [-0.2, 0) is 25.9 Å². The number of benzene rings is 1. The third-order valence-electron chi connectivity index (χ3n) is 3.95. The van der Waals surface area contributed by atoms with Crippen molar-refractivity contribution in [3.8, 4) is 5.75 Å². The maximum atomic E-state index is 12.3. The second-order valence-electron chi connectivity index (χ2n) is 5.68. The Morgan fingerprint density at radius 3 is 2.91 bits per heavy atom. The van der Waals surface area contributed by atoms with E-state index >= 15 is 0 Å². The Balaban J connectivity index is 1.90. The van der Waals surface area contributed by atoms with E-state index in [9.17, 15) is 13.2 Å². The van der Waals surface area contributed by atoms with Gasteiger partial charge < -0.3 is 14.8 Å². The molecule has 2 atom stereocenters. The van der Waals surface area contributed by atoms with Crippen LogP contribution >= 0.6 is 0 Å². The fourth-order valence-corrected chi connectivity index (χ4v) is 3.94. The van der Waals surface area contributed by atoms with Crippen LogP contribution in [0.25, 0.3) is 0 Å². The van der Waals surface area contributed by atoms with E-state index < -0.39 is 21.0 Å². The highest BCUT2D eigenvalue weighted by atomic mass is 32.2. The summed E-state index contributed by atoms with van der Waals surface area (Å²) < 4.78 is 35.0. The molecule has 0 aromatic heterocycles. The molecule has 0 radical (unpaired) electrons. The summed E-state index contributed by atoms with van der Waals surface area (Å²) in [6.07, 6.45) is 1.32. The lowest BCUT2D eigenvalue weighted by Crippen LogP contribution is -2.40. The molecule has 7 heteroatoms. The maximum Gasteiger partial charge on any atom is 0.238 e. The van der Waals surface area contributed by atoms with Crippen LogP contribution in [0.2, 0.25) is 0 Å². The van der Waals surface area contributed by atoms with Gasteiger partial charge in [0.25, 0.3) is 0 Å². The summed E-state index contributed by atoms with van der Waals surface area (Å²) in [6, 6.07) is 7.26. The average molecular weight is 341 g/mol. The van der Waals surface area contributed by atoms with Crippen LogP contribution in [0, 0.1) is 0 Å². The van der Waals surface area contributed by atoms with Crippen molar-refractivity contribution < 1.29 is 22.7 Å². The Kier molecular flexibility index (Phi) is 6.01. The minimum atomic E-state index is -3.52. The van der Waals surface area contributed by atoms with Crippen LogP contribution in [0.3, 0.4) is 0 Å². The van der Waals surface area contributed by atoms with Gasteiger partial charge in [0, 0.05) is 13.2 Å². The SMILES string of the molecule is COc1cccc(CNC(=O)[C@H](C)S(=O)(=O)C[C@H]2CCCO2)c1. The van der Waals surface area contributed by atoms with Gasteiger partial charge >= 0.3 is 0 Å². The van der Waals surface area contributed by atoms with Crippen LogP contribution < -0.4 is 10.1 Å². The number of hydrogen-bond acceptors (Lipinski definition) is 5. The zero-order valence-corrected chi connectivity index (χ0v) is 14.3. The molecule has 0 bridgehead atoms. The molecule has 128 valence electrons. The van der Waals surface area contributed by atoms with Crippen LogP contribution in [0.4, 0.5) is 0 Å². The number of carbonyl (C=O) groups is 1. The number of rotatable bonds is 7. The van der Waals surface area contributed by atoms with E-state index in [1.54, 1.807) is 19.2 Å². The molecular weight excluding hydrogens is 318 g/mol. The fourth-order valence-electron chi connectivity index (χ4n) is 2.46. The lowest BCUT2D eigenvalue weighted by molar-refractivity contribution is -0.120. The summed E-state index contributed by atoms with van der Waals surface area (Å²) in [6.45, 7) is 2.28. The number of amides is 1. The quantitative estimate of drug-likeness (QED) is 0.808. The van der Waals surface area contributed by atoms with Gasteiger partial charge in [-0.15, -0.1) is 0 Å². The molecule has 23 heavy (non-hydrogen) atoms. The Bertz CT molecular complexity index is 638. The molecule has 1 saturated heterocycles. The van der Waals surface area contributed by atoms with E-state index in [1.807, 2.05) is 12.1 Å². The first-order valence-electron chi connectivity index (χ1n) is 7.66. The van der Waals surface area contributed by atoms with Gasteiger partial charge in [0.15, 0.2) is 9.84 Å². The number of methoxy groups -OCH3 is 1. The van der Waals surface area contributed by atoms with Crippen molar-refractivity contribution in [3.05, 3.63) is 29.8 Å². The summed E-state index contributed by atoms with van der Waals surface area (Å²) in [5.74, 6) is 0.0995. The summed E-state index contributed by atoms with van der Waals surface area (Å²) in [7, 11) is -1.95. The zero-order valence-electron chi connectivity index (χ0n) is 13.4. The molecule has 1 amide bonds.